The average molecular weight is 682 g/mol. The maximum atomic E-state index is 6.97. The maximum Gasteiger partial charge on any atom is 0.181 e. The van der Waals surface area contributed by atoms with Crippen LogP contribution in [-0.4, -0.2) is 15.0 Å². The zero-order valence-corrected chi connectivity index (χ0v) is 29.1. The molecule has 2 heterocycles. The molecule has 2 aliphatic rings. The van der Waals surface area contributed by atoms with Crippen LogP contribution in [0.25, 0.3) is 77.6 Å². The Morgan fingerprint density at radius 3 is 1.74 bits per heavy atom. The second-order valence-corrected chi connectivity index (χ2v) is 14.3. The fraction of sp³-hybridized carbons (Fsp3) is 0.0625. The second kappa shape index (κ2) is 11.1. The fourth-order valence-electron chi connectivity index (χ4n) is 8.41. The highest BCUT2D eigenvalue weighted by Crippen LogP contribution is 2.59. The molecule has 1 aliphatic carbocycles. The highest BCUT2D eigenvalue weighted by Gasteiger charge is 2.40. The topological polar surface area (TPSA) is 57.1 Å². The lowest BCUT2D eigenvalue weighted by atomic mass is 9.82. The molecule has 0 N–H and O–H groups in total. The van der Waals surface area contributed by atoms with Gasteiger partial charge in [-0.1, -0.05) is 141 Å². The van der Waals surface area contributed by atoms with E-state index in [4.69, 9.17) is 24.4 Å². The van der Waals surface area contributed by atoms with Crippen molar-refractivity contribution in [3.05, 3.63) is 163 Å². The summed E-state index contributed by atoms with van der Waals surface area (Å²) in [6.45, 7) is 4.53. The van der Waals surface area contributed by atoms with Gasteiger partial charge in [0.2, 0.25) is 0 Å². The predicted octanol–water partition coefficient (Wildman–Crippen LogP) is 12.5. The normalized spacial score (nSPS) is 13.5. The minimum atomic E-state index is -0.171. The van der Waals surface area contributed by atoms with E-state index < -0.39 is 0 Å². The van der Waals surface area contributed by atoms with Crippen molar-refractivity contribution in [3.8, 4) is 68.3 Å². The fourth-order valence-corrected chi connectivity index (χ4v) is 8.41. The standard InChI is InChI=1S/C48H31N3O2/c1-48(2)38-21-11-10-19-35(38)42-39(48)25-26-41-44(42)53-43-36(20-12-22-40(43)52-41)47-50-45(28-13-4-3-5-14-28)49-46(51-47)29-23-24-34-32-17-7-6-15-30(32)31-16-8-9-18-33(31)37(34)27-29/h3-27H,1-2H3. The summed E-state index contributed by atoms with van der Waals surface area (Å²) < 4.78 is 13.6. The second-order valence-electron chi connectivity index (χ2n) is 14.3. The third-order valence-electron chi connectivity index (χ3n) is 11.0. The van der Waals surface area contributed by atoms with Crippen LogP contribution in [0.15, 0.2) is 152 Å². The van der Waals surface area contributed by atoms with E-state index in [2.05, 4.69) is 111 Å². The molecule has 5 heteroatoms. The first-order chi connectivity index (χ1) is 26.0. The summed E-state index contributed by atoms with van der Waals surface area (Å²) in [7, 11) is 0. The van der Waals surface area contributed by atoms with Crippen LogP contribution in [-0.2, 0) is 5.41 Å². The molecule has 8 aromatic carbocycles. The molecule has 11 rings (SSSR count). The van der Waals surface area contributed by atoms with Gasteiger partial charge in [-0.25, -0.2) is 15.0 Å². The highest BCUT2D eigenvalue weighted by atomic mass is 16.6. The first-order valence-corrected chi connectivity index (χ1v) is 17.9. The van der Waals surface area contributed by atoms with E-state index in [1.165, 1.54) is 43.6 Å². The van der Waals surface area contributed by atoms with Crippen LogP contribution in [0.5, 0.6) is 23.0 Å². The van der Waals surface area contributed by atoms with E-state index in [0.29, 0.717) is 40.5 Å². The van der Waals surface area contributed by atoms with Gasteiger partial charge in [0.05, 0.1) is 5.56 Å². The van der Waals surface area contributed by atoms with Crippen LogP contribution in [0.4, 0.5) is 0 Å². The Kier molecular flexibility index (Phi) is 6.23. The minimum absolute atomic E-state index is 0.171. The highest BCUT2D eigenvalue weighted by molar-refractivity contribution is 6.25. The molecule has 250 valence electrons. The molecular weight excluding hydrogens is 651 g/mol. The number of hydrogen-bond donors (Lipinski definition) is 0. The van der Waals surface area contributed by atoms with E-state index in [1.807, 2.05) is 54.6 Å². The van der Waals surface area contributed by atoms with Crippen molar-refractivity contribution in [1.29, 1.82) is 0 Å². The summed E-state index contributed by atoms with van der Waals surface area (Å²) in [6, 6.07) is 52.5. The number of benzene rings is 8. The molecular formula is C48H31N3O2. The Bertz CT molecular complexity index is 2950. The molecule has 9 aromatic rings. The van der Waals surface area contributed by atoms with Crippen LogP contribution in [0.1, 0.15) is 25.0 Å². The summed E-state index contributed by atoms with van der Waals surface area (Å²) in [6.07, 6.45) is 0. The average Bonchev–Trinajstić information content (AvgIpc) is 3.46. The van der Waals surface area contributed by atoms with Crippen molar-refractivity contribution >= 4 is 32.3 Å². The van der Waals surface area contributed by atoms with Gasteiger partial charge in [0.25, 0.3) is 0 Å². The molecule has 1 aliphatic heterocycles. The number of rotatable bonds is 3. The van der Waals surface area contributed by atoms with E-state index in [9.17, 15) is 0 Å². The summed E-state index contributed by atoms with van der Waals surface area (Å²) in [5.74, 6) is 4.29. The van der Waals surface area contributed by atoms with Crippen molar-refractivity contribution in [3.63, 3.8) is 0 Å². The summed E-state index contributed by atoms with van der Waals surface area (Å²) in [5, 5.41) is 7.23. The predicted molar refractivity (Wildman–Crippen MR) is 213 cm³/mol. The monoisotopic (exact) mass is 681 g/mol. The minimum Gasteiger partial charge on any atom is -0.449 e. The van der Waals surface area contributed by atoms with Crippen LogP contribution in [0, 0.1) is 0 Å². The lowest BCUT2D eigenvalue weighted by molar-refractivity contribution is 0.361. The lowest BCUT2D eigenvalue weighted by Gasteiger charge is -2.26. The van der Waals surface area contributed by atoms with Gasteiger partial charge in [-0.2, -0.15) is 0 Å². The van der Waals surface area contributed by atoms with Crippen LogP contribution in [0.2, 0.25) is 0 Å². The third-order valence-corrected chi connectivity index (χ3v) is 11.0. The summed E-state index contributed by atoms with van der Waals surface area (Å²) >= 11 is 0. The zero-order valence-electron chi connectivity index (χ0n) is 29.1. The quantitative estimate of drug-likeness (QED) is 0.174. The number of hydrogen-bond acceptors (Lipinski definition) is 5. The van der Waals surface area contributed by atoms with Gasteiger partial charge >= 0.3 is 0 Å². The van der Waals surface area contributed by atoms with Gasteiger partial charge in [-0.15, -0.1) is 0 Å². The van der Waals surface area contributed by atoms with Crippen molar-refractivity contribution in [2.24, 2.45) is 0 Å². The molecule has 0 fully saturated rings. The van der Waals surface area contributed by atoms with Crippen molar-refractivity contribution < 1.29 is 9.47 Å². The lowest BCUT2D eigenvalue weighted by Crippen LogP contribution is -2.15. The van der Waals surface area contributed by atoms with Gasteiger partial charge in [0.15, 0.2) is 40.5 Å². The van der Waals surface area contributed by atoms with Gasteiger partial charge < -0.3 is 9.47 Å². The Morgan fingerprint density at radius 1 is 0.396 bits per heavy atom. The van der Waals surface area contributed by atoms with E-state index in [0.717, 1.165) is 27.6 Å². The number of para-hydroxylation sites is 1. The molecule has 5 nitrogen and oxygen atoms in total. The largest absolute Gasteiger partial charge is 0.449 e. The van der Waals surface area contributed by atoms with E-state index in [-0.39, 0.29) is 5.41 Å². The molecule has 0 bridgehead atoms. The summed E-state index contributed by atoms with van der Waals surface area (Å²) in [4.78, 5) is 15.4. The molecule has 0 amide bonds. The van der Waals surface area contributed by atoms with Crippen molar-refractivity contribution in [2.75, 3.05) is 0 Å². The smallest absolute Gasteiger partial charge is 0.181 e. The molecule has 0 saturated heterocycles. The number of fused-ring (bicyclic) bond motifs is 12. The van der Waals surface area contributed by atoms with Crippen LogP contribution >= 0.6 is 0 Å². The first-order valence-electron chi connectivity index (χ1n) is 17.9. The number of nitrogens with zero attached hydrogens (tertiary/aromatic N) is 3. The van der Waals surface area contributed by atoms with E-state index >= 15 is 0 Å². The molecule has 1 aromatic heterocycles. The Balaban J connectivity index is 1.11. The molecule has 53 heavy (non-hydrogen) atoms. The zero-order chi connectivity index (χ0) is 35.3. The SMILES string of the molecule is CC1(C)c2ccccc2-c2c1ccc1c2Oc2c(cccc2-c2nc(-c3ccccc3)nc(-c3ccc4c5ccccc5c5ccccc5c4c3)n2)O1. The van der Waals surface area contributed by atoms with Crippen LogP contribution < -0.4 is 9.47 Å². The number of aromatic nitrogens is 3. The maximum absolute atomic E-state index is 6.97. The van der Waals surface area contributed by atoms with E-state index in [1.54, 1.807) is 0 Å². The Labute approximate surface area is 306 Å². The van der Waals surface area contributed by atoms with Gasteiger partial charge in [0, 0.05) is 22.1 Å². The Morgan fingerprint density at radius 2 is 0.981 bits per heavy atom. The van der Waals surface area contributed by atoms with Gasteiger partial charge in [-0.3, -0.25) is 0 Å². The van der Waals surface area contributed by atoms with Gasteiger partial charge in [0.1, 0.15) is 0 Å². The van der Waals surface area contributed by atoms with Crippen LogP contribution in [0.3, 0.4) is 0 Å². The molecule has 0 spiro atoms. The summed E-state index contributed by atoms with van der Waals surface area (Å²) in [5.41, 5.74) is 7.09. The molecule has 0 saturated carbocycles. The van der Waals surface area contributed by atoms with Crippen molar-refractivity contribution in [2.45, 2.75) is 19.3 Å². The molecule has 0 unspecified atom stereocenters. The van der Waals surface area contributed by atoms with Crippen molar-refractivity contribution in [1.82, 2.24) is 15.0 Å². The molecule has 0 radical (unpaired) electrons. The molecule has 0 atom stereocenters. The Hall–Kier alpha value is -6.85. The van der Waals surface area contributed by atoms with Gasteiger partial charge in [-0.05, 0) is 73.3 Å². The third kappa shape index (κ3) is 4.40. The first kappa shape index (κ1) is 29.8. The number of ether oxygens (including phenoxy) is 2.